The van der Waals surface area contributed by atoms with E-state index in [-0.39, 0.29) is 0 Å². The zero-order chi connectivity index (χ0) is 18.9. The van der Waals surface area contributed by atoms with E-state index in [4.69, 9.17) is 10.1 Å². The Bertz CT molecular complexity index is 1040. The minimum absolute atomic E-state index is 0.442. The Morgan fingerprint density at radius 1 is 0.889 bits per heavy atom. The molecule has 6 nitrogen and oxygen atoms in total. The largest absolute Gasteiger partial charge is 0.296 e. The molecule has 0 aliphatic carbocycles. The van der Waals surface area contributed by atoms with Gasteiger partial charge in [-0.3, -0.25) is 4.90 Å². The molecule has 1 fully saturated rings. The fourth-order valence-corrected chi connectivity index (χ4v) is 4.08. The molecule has 0 bridgehead atoms. The molecular formula is C20H22N4O2S. The van der Waals surface area contributed by atoms with Crippen molar-refractivity contribution >= 4 is 21.1 Å². The Hall–Kier alpha value is -2.32. The van der Waals surface area contributed by atoms with Crippen molar-refractivity contribution in [3.8, 4) is 11.3 Å². The summed E-state index contributed by atoms with van der Waals surface area (Å²) < 4.78 is 24.1. The number of nitrogens with two attached hydrogens (primary N) is 1. The van der Waals surface area contributed by atoms with Crippen molar-refractivity contribution < 1.29 is 8.42 Å². The highest BCUT2D eigenvalue weighted by Crippen LogP contribution is 2.22. The Morgan fingerprint density at radius 3 is 2.30 bits per heavy atom. The Morgan fingerprint density at radius 2 is 1.59 bits per heavy atom. The van der Waals surface area contributed by atoms with Crippen LogP contribution in [0.15, 0.2) is 60.7 Å². The molecule has 4 rings (SSSR count). The van der Waals surface area contributed by atoms with Crippen LogP contribution in [0.1, 0.15) is 5.56 Å². The van der Waals surface area contributed by atoms with Gasteiger partial charge in [-0.2, -0.15) is 12.7 Å². The average molecular weight is 382 g/mol. The van der Waals surface area contributed by atoms with Gasteiger partial charge in [-0.25, -0.2) is 10.1 Å². The predicted octanol–water partition coefficient (Wildman–Crippen LogP) is 2.22. The van der Waals surface area contributed by atoms with Gasteiger partial charge in [0, 0.05) is 43.7 Å². The lowest BCUT2D eigenvalue weighted by molar-refractivity contribution is 0.181. The quantitative estimate of drug-likeness (QED) is 0.750. The second kappa shape index (κ2) is 7.36. The van der Waals surface area contributed by atoms with Crippen LogP contribution in [-0.4, -0.2) is 48.8 Å². The minimum Gasteiger partial charge on any atom is -0.296 e. The third-order valence-electron chi connectivity index (χ3n) is 4.95. The first-order chi connectivity index (χ1) is 13.0. The summed E-state index contributed by atoms with van der Waals surface area (Å²) in [4.78, 5) is 6.98. The summed E-state index contributed by atoms with van der Waals surface area (Å²) >= 11 is 0. The van der Waals surface area contributed by atoms with E-state index in [0.29, 0.717) is 26.2 Å². The highest BCUT2D eigenvalue weighted by Gasteiger charge is 2.23. The van der Waals surface area contributed by atoms with Crippen LogP contribution in [0.5, 0.6) is 0 Å². The van der Waals surface area contributed by atoms with Gasteiger partial charge in [0.05, 0.1) is 11.2 Å². The number of benzene rings is 2. The Kier molecular flexibility index (Phi) is 4.92. The first-order valence-electron chi connectivity index (χ1n) is 8.94. The van der Waals surface area contributed by atoms with Gasteiger partial charge in [0.1, 0.15) is 0 Å². The molecule has 7 heteroatoms. The monoisotopic (exact) mass is 382 g/mol. The number of rotatable bonds is 4. The molecule has 2 aromatic carbocycles. The molecule has 2 N–H and O–H groups in total. The average Bonchev–Trinajstić information content (AvgIpc) is 2.68. The molecule has 1 saturated heterocycles. The van der Waals surface area contributed by atoms with Crippen molar-refractivity contribution in [2.75, 3.05) is 26.2 Å². The summed E-state index contributed by atoms with van der Waals surface area (Å²) in [7, 11) is -3.57. The molecule has 0 amide bonds. The van der Waals surface area contributed by atoms with Gasteiger partial charge in [0.25, 0.3) is 10.2 Å². The van der Waals surface area contributed by atoms with Gasteiger partial charge in [0.2, 0.25) is 0 Å². The first-order valence-corrected chi connectivity index (χ1v) is 10.4. The van der Waals surface area contributed by atoms with Gasteiger partial charge in [0.15, 0.2) is 0 Å². The van der Waals surface area contributed by atoms with Crippen LogP contribution >= 0.6 is 0 Å². The number of fused-ring (bicyclic) bond motifs is 1. The number of pyridine rings is 1. The van der Waals surface area contributed by atoms with Crippen molar-refractivity contribution in [3.05, 3.63) is 66.2 Å². The van der Waals surface area contributed by atoms with Crippen LogP contribution in [0.25, 0.3) is 22.2 Å². The van der Waals surface area contributed by atoms with Crippen molar-refractivity contribution in [1.82, 2.24) is 14.2 Å². The normalized spacial score (nSPS) is 16.6. The fourth-order valence-electron chi connectivity index (χ4n) is 3.41. The summed E-state index contributed by atoms with van der Waals surface area (Å²) in [5.74, 6) is 0. The standard InChI is InChI=1S/C20H22N4O2S/c21-27(25,26)24-13-11-23(12-14-24)15-16-5-7-18(8-6-16)20-10-9-17-3-1-2-4-19(17)22-20/h1-10H,11-15H2,(H2,21,25,26). The topological polar surface area (TPSA) is 79.5 Å². The summed E-state index contributed by atoms with van der Waals surface area (Å²) in [6.07, 6.45) is 0. The van der Waals surface area contributed by atoms with E-state index in [0.717, 1.165) is 28.7 Å². The van der Waals surface area contributed by atoms with Gasteiger partial charge in [-0.1, -0.05) is 48.5 Å². The zero-order valence-corrected chi connectivity index (χ0v) is 15.8. The third-order valence-corrected chi connectivity index (χ3v) is 6.03. The van der Waals surface area contributed by atoms with Crippen molar-refractivity contribution in [2.45, 2.75) is 6.54 Å². The maximum absolute atomic E-state index is 11.4. The van der Waals surface area contributed by atoms with Crippen molar-refractivity contribution in [3.63, 3.8) is 0 Å². The van der Waals surface area contributed by atoms with E-state index in [1.54, 1.807) is 0 Å². The van der Waals surface area contributed by atoms with E-state index >= 15 is 0 Å². The number of aromatic nitrogens is 1. The van der Waals surface area contributed by atoms with Crippen LogP contribution in [0.2, 0.25) is 0 Å². The molecule has 140 valence electrons. The Balaban J connectivity index is 1.43. The molecule has 0 saturated carbocycles. The van der Waals surface area contributed by atoms with Gasteiger partial charge in [-0.15, -0.1) is 0 Å². The number of hydrogen-bond donors (Lipinski definition) is 1. The van der Waals surface area contributed by atoms with E-state index in [1.165, 1.54) is 9.87 Å². The summed E-state index contributed by atoms with van der Waals surface area (Å²) in [6.45, 7) is 3.05. The van der Waals surface area contributed by atoms with Crippen molar-refractivity contribution in [1.29, 1.82) is 0 Å². The number of hydrogen-bond acceptors (Lipinski definition) is 4. The lowest BCUT2D eigenvalue weighted by Crippen LogP contribution is -2.50. The molecule has 0 spiro atoms. The van der Waals surface area contributed by atoms with E-state index in [9.17, 15) is 8.42 Å². The van der Waals surface area contributed by atoms with Gasteiger partial charge < -0.3 is 0 Å². The van der Waals surface area contributed by atoms with Crippen LogP contribution < -0.4 is 5.14 Å². The molecule has 1 aliphatic rings. The SMILES string of the molecule is NS(=O)(=O)N1CCN(Cc2ccc(-c3ccc4ccccc4n3)cc2)CC1. The molecule has 0 radical (unpaired) electrons. The lowest BCUT2D eigenvalue weighted by Gasteiger charge is -2.32. The third kappa shape index (κ3) is 4.17. The van der Waals surface area contributed by atoms with Gasteiger partial charge >= 0.3 is 0 Å². The molecule has 3 aromatic rings. The van der Waals surface area contributed by atoms with Crippen LogP contribution in [0.4, 0.5) is 0 Å². The van der Waals surface area contributed by atoms with E-state index in [2.05, 4.69) is 41.3 Å². The molecule has 1 aromatic heterocycles. The number of nitrogens with zero attached hydrogens (tertiary/aromatic N) is 3. The second-order valence-corrected chi connectivity index (χ2v) is 8.35. The fraction of sp³-hybridized carbons (Fsp3) is 0.250. The van der Waals surface area contributed by atoms with Gasteiger partial charge in [-0.05, 0) is 17.7 Å². The van der Waals surface area contributed by atoms with E-state index in [1.807, 2.05) is 24.3 Å². The highest BCUT2D eigenvalue weighted by atomic mass is 32.2. The molecule has 1 aliphatic heterocycles. The molecular weight excluding hydrogens is 360 g/mol. The minimum atomic E-state index is -3.57. The van der Waals surface area contributed by atoms with Crippen LogP contribution in [0.3, 0.4) is 0 Å². The van der Waals surface area contributed by atoms with Crippen LogP contribution in [0, 0.1) is 0 Å². The summed E-state index contributed by atoms with van der Waals surface area (Å²) in [5.41, 5.74) is 4.24. The summed E-state index contributed by atoms with van der Waals surface area (Å²) in [6, 6.07) is 20.6. The van der Waals surface area contributed by atoms with Crippen LogP contribution in [-0.2, 0) is 16.8 Å². The predicted molar refractivity (Wildman–Crippen MR) is 107 cm³/mol. The molecule has 27 heavy (non-hydrogen) atoms. The smallest absolute Gasteiger partial charge is 0.276 e. The second-order valence-electron chi connectivity index (χ2n) is 6.81. The zero-order valence-electron chi connectivity index (χ0n) is 15.0. The first kappa shape index (κ1) is 18.1. The lowest BCUT2D eigenvalue weighted by atomic mass is 10.1. The highest BCUT2D eigenvalue weighted by molar-refractivity contribution is 7.86. The molecule has 0 unspecified atom stereocenters. The summed E-state index contributed by atoms with van der Waals surface area (Å²) in [5, 5.41) is 6.32. The maximum Gasteiger partial charge on any atom is 0.276 e. The number of piperazine rings is 1. The molecule has 2 heterocycles. The van der Waals surface area contributed by atoms with Crippen molar-refractivity contribution in [2.24, 2.45) is 5.14 Å². The van der Waals surface area contributed by atoms with E-state index < -0.39 is 10.2 Å². The Labute approximate surface area is 159 Å². The number of para-hydroxylation sites is 1. The molecule has 0 atom stereocenters. The maximum atomic E-state index is 11.4.